The average Bonchev–Trinajstić information content (AvgIpc) is 3.32. The monoisotopic (exact) mass is 354 g/mol. The number of furan rings is 1. The van der Waals surface area contributed by atoms with Crippen molar-refractivity contribution >= 4 is 32.6 Å². The van der Waals surface area contributed by atoms with E-state index in [-0.39, 0.29) is 12.3 Å². The summed E-state index contributed by atoms with van der Waals surface area (Å²) in [4.78, 5) is 20.7. The largest absolute Gasteiger partial charge is 0.461 e. The van der Waals surface area contributed by atoms with Crippen LogP contribution in [0.3, 0.4) is 0 Å². The predicted octanol–water partition coefficient (Wildman–Crippen LogP) is 3.82. The highest BCUT2D eigenvalue weighted by molar-refractivity contribution is 7.22. The van der Waals surface area contributed by atoms with Crippen LogP contribution in [0.5, 0.6) is 0 Å². The minimum atomic E-state index is -0.145. The molecule has 1 N–H and O–H groups in total. The highest BCUT2D eigenvalue weighted by atomic mass is 32.1. The van der Waals surface area contributed by atoms with Crippen LogP contribution in [0.1, 0.15) is 17.9 Å². The summed E-state index contributed by atoms with van der Waals surface area (Å²) in [5.41, 5.74) is 2.05. The van der Waals surface area contributed by atoms with Gasteiger partial charge in [-0.1, -0.05) is 22.6 Å². The fraction of sp³-hybridized carbons (Fsp3) is 0.176. The number of nitrogens with zero attached hydrogens (tertiary/aromatic N) is 3. The van der Waals surface area contributed by atoms with Crippen LogP contribution >= 0.6 is 11.3 Å². The van der Waals surface area contributed by atoms with E-state index in [4.69, 9.17) is 8.94 Å². The summed E-state index contributed by atoms with van der Waals surface area (Å²) in [7, 11) is 0. The van der Waals surface area contributed by atoms with Crippen molar-refractivity contribution in [1.29, 1.82) is 0 Å². The zero-order valence-electron chi connectivity index (χ0n) is 13.4. The molecule has 0 saturated heterocycles. The van der Waals surface area contributed by atoms with Gasteiger partial charge in [0.2, 0.25) is 17.6 Å². The second-order valence-electron chi connectivity index (χ2n) is 5.53. The van der Waals surface area contributed by atoms with Crippen molar-refractivity contribution in [3.63, 3.8) is 0 Å². The highest BCUT2D eigenvalue weighted by Crippen LogP contribution is 2.26. The lowest BCUT2D eigenvalue weighted by Crippen LogP contribution is -2.12. The number of carbonyl (C=O) groups is 1. The summed E-state index contributed by atoms with van der Waals surface area (Å²) in [5, 5.41) is 7.24. The second-order valence-corrected chi connectivity index (χ2v) is 6.56. The molecule has 0 unspecified atom stereocenters. The van der Waals surface area contributed by atoms with Gasteiger partial charge in [-0.3, -0.25) is 4.79 Å². The Morgan fingerprint density at radius 2 is 2.20 bits per heavy atom. The van der Waals surface area contributed by atoms with E-state index < -0.39 is 0 Å². The Balaban J connectivity index is 1.37. The smallest absolute Gasteiger partial charge is 0.238 e. The maximum Gasteiger partial charge on any atom is 0.238 e. The summed E-state index contributed by atoms with van der Waals surface area (Å²) in [6, 6.07) is 9.50. The topological polar surface area (TPSA) is 94.1 Å². The summed E-state index contributed by atoms with van der Waals surface area (Å²) in [6.45, 7) is 2.03. The molecule has 0 spiro atoms. The van der Waals surface area contributed by atoms with Gasteiger partial charge in [-0.05, 0) is 36.8 Å². The lowest BCUT2D eigenvalue weighted by molar-refractivity contribution is -0.116. The second kappa shape index (κ2) is 6.48. The summed E-state index contributed by atoms with van der Waals surface area (Å²) < 4.78 is 11.4. The van der Waals surface area contributed by atoms with Gasteiger partial charge in [0, 0.05) is 12.8 Å². The van der Waals surface area contributed by atoms with Crippen LogP contribution in [0.25, 0.3) is 21.8 Å². The fourth-order valence-corrected chi connectivity index (χ4v) is 3.33. The standard InChI is InChI=1S/C17H14N4O3S/c1-10-4-5-11-13(9-10)25-17(18-11)19-14(22)6-7-15-20-16(21-24-15)12-3-2-8-23-12/h2-5,8-9H,6-7H2,1H3,(H,18,19,22). The molecule has 0 aliphatic heterocycles. The third kappa shape index (κ3) is 3.43. The molecule has 0 fully saturated rings. The third-order valence-corrected chi connectivity index (χ3v) is 4.50. The van der Waals surface area contributed by atoms with E-state index in [1.807, 2.05) is 19.1 Å². The number of hydrogen-bond donors (Lipinski definition) is 1. The Morgan fingerprint density at radius 1 is 1.28 bits per heavy atom. The number of benzene rings is 1. The number of rotatable bonds is 5. The van der Waals surface area contributed by atoms with Gasteiger partial charge in [-0.25, -0.2) is 4.98 Å². The minimum absolute atomic E-state index is 0.145. The maximum absolute atomic E-state index is 12.1. The number of hydrogen-bond acceptors (Lipinski definition) is 7. The van der Waals surface area contributed by atoms with E-state index in [0.29, 0.717) is 29.0 Å². The van der Waals surface area contributed by atoms with Crippen molar-refractivity contribution in [2.24, 2.45) is 0 Å². The molecule has 0 bridgehead atoms. The van der Waals surface area contributed by atoms with E-state index in [2.05, 4.69) is 26.5 Å². The maximum atomic E-state index is 12.1. The molecule has 4 aromatic rings. The van der Waals surface area contributed by atoms with Crippen LogP contribution < -0.4 is 5.32 Å². The number of aryl methyl sites for hydroxylation is 2. The van der Waals surface area contributed by atoms with Crippen molar-refractivity contribution in [1.82, 2.24) is 15.1 Å². The Morgan fingerprint density at radius 3 is 3.04 bits per heavy atom. The van der Waals surface area contributed by atoms with Gasteiger partial charge < -0.3 is 14.3 Å². The zero-order chi connectivity index (χ0) is 17.2. The van der Waals surface area contributed by atoms with Crippen LogP contribution in [-0.4, -0.2) is 21.0 Å². The molecule has 3 heterocycles. The molecule has 126 valence electrons. The number of fused-ring (bicyclic) bond motifs is 1. The summed E-state index contributed by atoms with van der Waals surface area (Å²) in [6.07, 6.45) is 2.12. The molecule has 0 aliphatic rings. The van der Waals surface area contributed by atoms with Crippen molar-refractivity contribution in [2.45, 2.75) is 19.8 Å². The van der Waals surface area contributed by atoms with Gasteiger partial charge in [0.05, 0.1) is 16.5 Å². The van der Waals surface area contributed by atoms with Crippen LogP contribution in [0, 0.1) is 6.92 Å². The molecule has 4 rings (SSSR count). The van der Waals surface area contributed by atoms with Gasteiger partial charge in [-0.15, -0.1) is 0 Å². The van der Waals surface area contributed by atoms with Gasteiger partial charge in [0.25, 0.3) is 0 Å². The number of carbonyl (C=O) groups excluding carboxylic acids is 1. The molecular formula is C17H14N4O3S. The lowest BCUT2D eigenvalue weighted by atomic mass is 10.2. The van der Waals surface area contributed by atoms with Gasteiger partial charge in [-0.2, -0.15) is 4.98 Å². The van der Waals surface area contributed by atoms with E-state index in [0.717, 1.165) is 15.8 Å². The van der Waals surface area contributed by atoms with Crippen LogP contribution in [0.4, 0.5) is 5.13 Å². The number of anilines is 1. The first-order valence-corrected chi connectivity index (χ1v) is 8.52. The van der Waals surface area contributed by atoms with Gasteiger partial charge >= 0.3 is 0 Å². The first kappa shape index (κ1) is 15.5. The first-order valence-electron chi connectivity index (χ1n) is 7.71. The third-order valence-electron chi connectivity index (χ3n) is 3.57. The van der Waals surface area contributed by atoms with Gasteiger partial charge in [0.15, 0.2) is 10.9 Å². The molecule has 3 aromatic heterocycles. The predicted molar refractivity (Wildman–Crippen MR) is 93.3 cm³/mol. The Kier molecular flexibility index (Phi) is 4.02. The molecule has 1 aromatic carbocycles. The zero-order valence-corrected chi connectivity index (χ0v) is 14.2. The SMILES string of the molecule is Cc1ccc2nc(NC(=O)CCc3nc(-c4ccco4)no3)sc2c1. The molecule has 0 atom stereocenters. The number of amides is 1. The Bertz CT molecular complexity index is 1020. The Hall–Kier alpha value is -3.00. The molecule has 7 nitrogen and oxygen atoms in total. The van der Waals surface area contributed by atoms with Crippen molar-refractivity contribution in [2.75, 3.05) is 5.32 Å². The molecule has 0 aliphatic carbocycles. The van der Waals surface area contributed by atoms with Crippen LogP contribution in [-0.2, 0) is 11.2 Å². The van der Waals surface area contributed by atoms with Crippen LogP contribution in [0.15, 0.2) is 45.5 Å². The van der Waals surface area contributed by atoms with E-state index in [1.165, 1.54) is 17.6 Å². The van der Waals surface area contributed by atoms with Crippen molar-refractivity contribution in [3.8, 4) is 11.6 Å². The summed E-state index contributed by atoms with van der Waals surface area (Å²) >= 11 is 1.46. The van der Waals surface area contributed by atoms with Crippen molar-refractivity contribution < 1.29 is 13.7 Å². The molecule has 0 saturated carbocycles. The number of nitrogens with one attached hydrogen (secondary N) is 1. The quantitative estimate of drug-likeness (QED) is 0.585. The minimum Gasteiger partial charge on any atom is -0.461 e. The summed E-state index contributed by atoms with van der Waals surface area (Å²) in [5.74, 6) is 1.15. The normalized spacial score (nSPS) is 11.1. The molecule has 25 heavy (non-hydrogen) atoms. The van der Waals surface area contributed by atoms with Gasteiger partial charge in [0.1, 0.15) is 0 Å². The first-order chi connectivity index (χ1) is 12.2. The Labute approximate surface area is 146 Å². The number of thiazole rings is 1. The fourth-order valence-electron chi connectivity index (χ4n) is 2.35. The highest BCUT2D eigenvalue weighted by Gasteiger charge is 2.13. The van der Waals surface area contributed by atoms with E-state index in [9.17, 15) is 4.79 Å². The molecule has 0 radical (unpaired) electrons. The van der Waals surface area contributed by atoms with Crippen LogP contribution in [0.2, 0.25) is 0 Å². The molecule has 1 amide bonds. The molecule has 8 heteroatoms. The van der Waals surface area contributed by atoms with E-state index >= 15 is 0 Å². The number of aromatic nitrogens is 3. The molecular weight excluding hydrogens is 340 g/mol. The van der Waals surface area contributed by atoms with Crippen molar-refractivity contribution in [3.05, 3.63) is 48.0 Å². The average molecular weight is 354 g/mol. The lowest BCUT2D eigenvalue weighted by Gasteiger charge is -1.98. The van der Waals surface area contributed by atoms with E-state index in [1.54, 1.807) is 12.1 Å².